The number of benzene rings is 2. The van der Waals surface area contributed by atoms with E-state index in [0.717, 1.165) is 16.6 Å². The van der Waals surface area contributed by atoms with Crippen LogP contribution in [0.5, 0.6) is 5.75 Å². The largest absolute Gasteiger partial charge is 0.506 e. The van der Waals surface area contributed by atoms with Crippen LogP contribution in [0, 0.1) is 0 Å². The number of anilines is 1. The smallest absolute Gasteiger partial charge is 0.141 e. The number of likely N-dealkylation sites (N-methyl/N-ethyl adjacent to an activating group) is 1. The first kappa shape index (κ1) is 12.6. The lowest BCUT2D eigenvalue weighted by molar-refractivity contribution is 0.303. The van der Waals surface area contributed by atoms with Crippen molar-refractivity contribution in [2.24, 2.45) is 0 Å². The van der Waals surface area contributed by atoms with E-state index in [1.165, 1.54) is 0 Å². The number of hydrogen-bond acceptors (Lipinski definition) is 5. The summed E-state index contributed by atoms with van der Waals surface area (Å²) in [6.07, 6.45) is 0. The van der Waals surface area contributed by atoms with Gasteiger partial charge in [0.2, 0.25) is 0 Å². The third-order valence-electron chi connectivity index (χ3n) is 3.28. The van der Waals surface area contributed by atoms with E-state index in [0.29, 0.717) is 17.7 Å². The lowest BCUT2D eigenvalue weighted by Gasteiger charge is -2.19. The van der Waals surface area contributed by atoms with Crippen molar-refractivity contribution in [3.8, 4) is 5.75 Å². The zero-order valence-corrected chi connectivity index (χ0v) is 11.1. The molecule has 3 aromatic rings. The first-order valence-corrected chi connectivity index (χ1v) is 6.40. The molecule has 0 aliphatic carbocycles. The molecule has 0 fully saturated rings. The number of phenolic OH excluding ortho intramolecular Hbond substituents is 1. The molecule has 3 rings (SSSR count). The number of nitrogens with zero attached hydrogens (tertiary/aromatic N) is 3. The third kappa shape index (κ3) is 2.12. The SMILES string of the molecule is CN(CCO)c1cc2nc3ccccc3nc2cc1O. The Kier molecular flexibility index (Phi) is 3.12. The summed E-state index contributed by atoms with van der Waals surface area (Å²) in [4.78, 5) is 10.8. The van der Waals surface area contributed by atoms with Crippen LogP contribution in [0.3, 0.4) is 0 Å². The van der Waals surface area contributed by atoms with Crippen molar-refractivity contribution in [1.82, 2.24) is 9.97 Å². The van der Waals surface area contributed by atoms with E-state index in [1.54, 1.807) is 17.0 Å². The zero-order valence-electron chi connectivity index (χ0n) is 11.1. The van der Waals surface area contributed by atoms with Gasteiger partial charge in [-0.2, -0.15) is 0 Å². The fourth-order valence-electron chi connectivity index (χ4n) is 2.22. The van der Waals surface area contributed by atoms with Crippen LogP contribution in [-0.4, -0.2) is 40.4 Å². The summed E-state index contributed by atoms with van der Waals surface area (Å²) in [5, 5.41) is 19.1. The molecule has 0 spiro atoms. The molecule has 5 nitrogen and oxygen atoms in total. The van der Waals surface area contributed by atoms with E-state index in [1.807, 2.05) is 31.3 Å². The molecule has 0 saturated carbocycles. The summed E-state index contributed by atoms with van der Waals surface area (Å²) in [5.41, 5.74) is 3.64. The highest BCUT2D eigenvalue weighted by Gasteiger charge is 2.10. The first-order valence-electron chi connectivity index (χ1n) is 6.40. The molecule has 0 unspecified atom stereocenters. The average molecular weight is 269 g/mol. The first-order chi connectivity index (χ1) is 9.69. The summed E-state index contributed by atoms with van der Waals surface area (Å²) in [6, 6.07) is 11.0. The number of para-hydroxylation sites is 2. The molecule has 102 valence electrons. The molecular formula is C15H15N3O2. The lowest BCUT2D eigenvalue weighted by Crippen LogP contribution is -2.21. The van der Waals surface area contributed by atoms with Crippen molar-refractivity contribution >= 4 is 27.8 Å². The van der Waals surface area contributed by atoms with Crippen molar-refractivity contribution in [2.45, 2.75) is 0 Å². The zero-order chi connectivity index (χ0) is 14.1. The Morgan fingerprint density at radius 3 is 2.20 bits per heavy atom. The summed E-state index contributed by atoms with van der Waals surface area (Å²) < 4.78 is 0. The van der Waals surface area contributed by atoms with E-state index < -0.39 is 0 Å². The van der Waals surface area contributed by atoms with Gasteiger partial charge < -0.3 is 15.1 Å². The van der Waals surface area contributed by atoms with Gasteiger partial charge >= 0.3 is 0 Å². The molecule has 20 heavy (non-hydrogen) atoms. The highest BCUT2D eigenvalue weighted by molar-refractivity contribution is 5.89. The minimum atomic E-state index is 0.0252. The minimum Gasteiger partial charge on any atom is -0.506 e. The second kappa shape index (κ2) is 4.94. The Labute approximate surface area is 116 Å². The van der Waals surface area contributed by atoms with Crippen LogP contribution in [0.25, 0.3) is 22.1 Å². The van der Waals surface area contributed by atoms with Crippen molar-refractivity contribution in [2.75, 3.05) is 25.1 Å². The van der Waals surface area contributed by atoms with Gasteiger partial charge in [-0.05, 0) is 18.2 Å². The molecule has 0 bridgehead atoms. The molecule has 0 aliphatic rings. The lowest BCUT2D eigenvalue weighted by atomic mass is 10.2. The number of fused-ring (bicyclic) bond motifs is 2. The van der Waals surface area contributed by atoms with Crippen LogP contribution < -0.4 is 4.90 Å². The fourth-order valence-corrected chi connectivity index (χ4v) is 2.22. The topological polar surface area (TPSA) is 69.5 Å². The van der Waals surface area contributed by atoms with Crippen molar-refractivity contribution in [3.05, 3.63) is 36.4 Å². The maximum absolute atomic E-state index is 10.1. The maximum atomic E-state index is 10.1. The molecule has 2 N–H and O–H groups in total. The highest BCUT2D eigenvalue weighted by Crippen LogP contribution is 2.30. The van der Waals surface area contributed by atoms with E-state index >= 15 is 0 Å². The van der Waals surface area contributed by atoms with Crippen LogP contribution in [0.4, 0.5) is 5.69 Å². The number of aliphatic hydroxyl groups is 1. The average Bonchev–Trinajstić information content (AvgIpc) is 2.44. The van der Waals surface area contributed by atoms with E-state index in [2.05, 4.69) is 9.97 Å². The van der Waals surface area contributed by atoms with Gasteiger partial charge in [-0.1, -0.05) is 12.1 Å². The highest BCUT2D eigenvalue weighted by atomic mass is 16.3. The van der Waals surface area contributed by atoms with Gasteiger partial charge in [0.05, 0.1) is 34.4 Å². The number of aromatic nitrogens is 2. The number of phenols is 1. The summed E-state index contributed by atoms with van der Waals surface area (Å²) in [7, 11) is 1.81. The van der Waals surface area contributed by atoms with E-state index in [4.69, 9.17) is 5.11 Å². The van der Waals surface area contributed by atoms with Gasteiger partial charge in [0, 0.05) is 19.7 Å². The molecule has 2 aromatic carbocycles. The fraction of sp³-hybridized carbons (Fsp3) is 0.200. The van der Waals surface area contributed by atoms with Crippen LogP contribution in [0.15, 0.2) is 36.4 Å². The molecule has 5 heteroatoms. The summed E-state index contributed by atoms with van der Waals surface area (Å²) in [6.45, 7) is 0.470. The molecule has 0 aliphatic heterocycles. The third-order valence-corrected chi connectivity index (χ3v) is 3.28. The number of rotatable bonds is 3. The second-order valence-corrected chi connectivity index (χ2v) is 4.69. The van der Waals surface area contributed by atoms with Gasteiger partial charge in [0.25, 0.3) is 0 Å². The van der Waals surface area contributed by atoms with Crippen LogP contribution in [0.2, 0.25) is 0 Å². The van der Waals surface area contributed by atoms with Gasteiger partial charge in [0.15, 0.2) is 0 Å². The second-order valence-electron chi connectivity index (χ2n) is 4.69. The predicted molar refractivity (Wildman–Crippen MR) is 79.1 cm³/mol. The minimum absolute atomic E-state index is 0.0252. The quantitative estimate of drug-likeness (QED) is 0.711. The monoisotopic (exact) mass is 269 g/mol. The Hall–Kier alpha value is -2.40. The van der Waals surface area contributed by atoms with Gasteiger partial charge in [-0.3, -0.25) is 0 Å². The van der Waals surface area contributed by atoms with E-state index in [-0.39, 0.29) is 12.4 Å². The Balaban J connectivity index is 2.20. The van der Waals surface area contributed by atoms with Gasteiger partial charge in [-0.15, -0.1) is 0 Å². The number of hydrogen-bond donors (Lipinski definition) is 2. The van der Waals surface area contributed by atoms with Crippen LogP contribution in [0.1, 0.15) is 0 Å². The molecular weight excluding hydrogens is 254 g/mol. The normalized spacial score (nSPS) is 11.1. The van der Waals surface area contributed by atoms with Crippen molar-refractivity contribution < 1.29 is 10.2 Å². The number of aromatic hydroxyl groups is 1. The predicted octanol–water partition coefficient (Wildman–Crippen LogP) is 1.92. The molecule has 1 aromatic heterocycles. The van der Waals surface area contributed by atoms with Crippen LogP contribution >= 0.6 is 0 Å². The molecule has 0 radical (unpaired) electrons. The van der Waals surface area contributed by atoms with Gasteiger partial charge in [0.1, 0.15) is 5.75 Å². The molecule has 0 atom stereocenters. The Bertz CT molecular complexity index is 774. The van der Waals surface area contributed by atoms with E-state index in [9.17, 15) is 5.11 Å². The summed E-state index contributed by atoms with van der Waals surface area (Å²) in [5.74, 6) is 0.137. The van der Waals surface area contributed by atoms with Crippen molar-refractivity contribution in [3.63, 3.8) is 0 Å². The maximum Gasteiger partial charge on any atom is 0.141 e. The standard InChI is InChI=1S/C15H15N3O2/c1-18(6-7-19)14-8-12-13(9-15(14)20)17-11-5-3-2-4-10(11)16-12/h2-5,8-9,19-20H,6-7H2,1H3. The molecule has 0 amide bonds. The Morgan fingerprint density at radius 2 is 1.60 bits per heavy atom. The van der Waals surface area contributed by atoms with Crippen LogP contribution in [-0.2, 0) is 0 Å². The Morgan fingerprint density at radius 1 is 1.00 bits per heavy atom. The number of aliphatic hydroxyl groups excluding tert-OH is 1. The summed E-state index contributed by atoms with van der Waals surface area (Å²) >= 11 is 0. The van der Waals surface area contributed by atoms with Crippen molar-refractivity contribution in [1.29, 1.82) is 0 Å². The van der Waals surface area contributed by atoms with Gasteiger partial charge in [-0.25, -0.2) is 9.97 Å². The molecule has 1 heterocycles. The molecule has 0 saturated heterocycles.